The lowest BCUT2D eigenvalue weighted by molar-refractivity contribution is -0.146. The van der Waals surface area contributed by atoms with E-state index in [1.165, 1.54) is 6.33 Å². The zero-order chi connectivity index (χ0) is 35.5. The molecule has 3 heterocycles. The number of ether oxygens (including phenoxy) is 4. The summed E-state index contributed by atoms with van der Waals surface area (Å²) in [5.41, 5.74) is 7.30. The third-order valence-corrected chi connectivity index (χ3v) is 10.0. The topological polar surface area (TPSA) is 202 Å². The van der Waals surface area contributed by atoms with E-state index in [1.807, 2.05) is 74.5 Å². The van der Waals surface area contributed by atoms with E-state index in [1.54, 1.807) is 4.57 Å². The molecular weight excluding hydrogens is 665 g/mol. The highest BCUT2D eigenvalue weighted by Gasteiger charge is 2.39. The molecule has 0 radical (unpaired) electrons. The van der Waals surface area contributed by atoms with Crippen LogP contribution in [0.25, 0.3) is 11.2 Å². The van der Waals surface area contributed by atoms with Gasteiger partial charge in [0.15, 0.2) is 11.2 Å². The van der Waals surface area contributed by atoms with Crippen molar-refractivity contribution in [3.8, 4) is 0 Å². The number of aromatic amines is 1. The van der Waals surface area contributed by atoms with Gasteiger partial charge in [0.1, 0.15) is 24.5 Å². The number of anilines is 1. The number of nitrogens with one attached hydrogen (secondary N) is 3. The van der Waals surface area contributed by atoms with Gasteiger partial charge in [0, 0.05) is 0 Å². The molecule has 1 aliphatic heterocycles. The number of rotatable bonds is 18. The fourth-order valence-corrected chi connectivity index (χ4v) is 7.64. The van der Waals surface area contributed by atoms with E-state index in [-0.39, 0.29) is 56.4 Å². The smallest absolute Gasteiger partial charge is 0.323 e. The molecule has 0 aliphatic carbocycles. The van der Waals surface area contributed by atoms with Gasteiger partial charge in [0.2, 0.25) is 13.4 Å². The average molecular weight is 710 g/mol. The van der Waals surface area contributed by atoms with Crippen molar-refractivity contribution in [3.05, 3.63) is 88.5 Å². The van der Waals surface area contributed by atoms with Crippen LogP contribution in [0.1, 0.15) is 43.9 Å². The van der Waals surface area contributed by atoms with Crippen molar-refractivity contribution in [1.82, 2.24) is 29.7 Å². The summed E-state index contributed by atoms with van der Waals surface area (Å²) in [5, 5.41) is 6.07. The van der Waals surface area contributed by atoms with Crippen LogP contribution in [0.4, 0.5) is 5.95 Å². The zero-order valence-electron chi connectivity index (χ0n) is 28.2. The number of esters is 2. The maximum Gasteiger partial charge on any atom is 0.323 e. The highest BCUT2D eigenvalue weighted by molar-refractivity contribution is 7.59. The Hall–Kier alpha value is -4.40. The second kappa shape index (κ2) is 17.5. The molecule has 15 nitrogen and oxygen atoms in total. The number of H-pyrrole nitrogens is 1. The van der Waals surface area contributed by atoms with Crippen molar-refractivity contribution >= 4 is 36.5 Å². The van der Waals surface area contributed by atoms with E-state index < -0.39 is 55.5 Å². The minimum atomic E-state index is -3.99. The van der Waals surface area contributed by atoms with Crippen LogP contribution < -0.4 is 21.5 Å². The second-order valence-corrected chi connectivity index (χ2v) is 14.3. The number of nitrogen functional groups attached to an aromatic ring is 1. The first-order valence-corrected chi connectivity index (χ1v) is 18.6. The molecule has 0 spiro atoms. The van der Waals surface area contributed by atoms with Crippen LogP contribution in [-0.4, -0.2) is 82.4 Å². The van der Waals surface area contributed by atoms with Gasteiger partial charge in [-0.05, 0) is 36.8 Å². The van der Waals surface area contributed by atoms with Crippen LogP contribution in [0.5, 0.6) is 0 Å². The minimum Gasteiger partial charge on any atom is -0.465 e. The van der Waals surface area contributed by atoms with Gasteiger partial charge in [-0.2, -0.15) is 4.98 Å². The number of carbonyl (C=O) groups is 2. The van der Waals surface area contributed by atoms with Crippen LogP contribution in [-0.2, 0) is 45.9 Å². The molecule has 2 aromatic heterocycles. The van der Waals surface area contributed by atoms with Gasteiger partial charge in [0.25, 0.3) is 5.56 Å². The third-order valence-electron chi connectivity index (χ3n) is 8.04. The predicted octanol–water partition coefficient (Wildman–Crippen LogP) is 3.12. The molecule has 0 saturated carbocycles. The maximum atomic E-state index is 15.1. The van der Waals surface area contributed by atoms with Gasteiger partial charge in [-0.3, -0.25) is 23.9 Å². The summed E-state index contributed by atoms with van der Waals surface area (Å²) in [5.74, 6) is -1.25. The molecule has 268 valence electrons. The molecular formula is C34H44N7O8P. The molecule has 2 aromatic carbocycles. The predicted molar refractivity (Wildman–Crippen MR) is 186 cm³/mol. The molecule has 1 unspecified atom stereocenters. The van der Waals surface area contributed by atoms with Gasteiger partial charge in [-0.1, -0.05) is 74.5 Å². The van der Waals surface area contributed by atoms with Crippen LogP contribution in [0.2, 0.25) is 0 Å². The Morgan fingerprint density at radius 1 is 0.960 bits per heavy atom. The van der Waals surface area contributed by atoms with Gasteiger partial charge >= 0.3 is 11.9 Å². The number of nitrogens with two attached hydrogens (primary N) is 1. The lowest BCUT2D eigenvalue weighted by Crippen LogP contribution is -2.47. The van der Waals surface area contributed by atoms with Crippen LogP contribution >= 0.6 is 7.44 Å². The van der Waals surface area contributed by atoms with Crippen molar-refractivity contribution in [2.45, 2.75) is 63.8 Å². The fraction of sp³-hybridized carbons (Fsp3) is 0.441. The van der Waals surface area contributed by atoms with E-state index >= 15 is 4.57 Å². The van der Waals surface area contributed by atoms with Crippen molar-refractivity contribution in [2.24, 2.45) is 0 Å². The Labute approximate surface area is 289 Å². The molecule has 50 heavy (non-hydrogen) atoms. The standard InChI is InChI=1S/C34H44N7O8P/c1-3-15-47-32(43)25(17-23-11-7-5-8-12-23)39-50(45,40-26(33(44)48-16-4-2)18-24-13-9-6-10-14-24)22-49-28-20-46-19-27(28)41-21-36-29-30(41)37-34(35)38-31(29)42/h5-14,21,25-28H,3-4,15-20,22H2,1-2H3,(H2,39,40,45)(H3,35,37,38,42)/t25-,26-,27?,28-/m0/s1. The number of benzene rings is 2. The number of nitrogens with zero attached hydrogens (tertiary/aromatic N) is 3. The number of hydrogen-bond acceptors (Lipinski definition) is 11. The van der Waals surface area contributed by atoms with E-state index in [4.69, 9.17) is 24.7 Å². The molecule has 0 amide bonds. The quantitative estimate of drug-likeness (QED) is 0.0868. The summed E-state index contributed by atoms with van der Waals surface area (Å²) in [7, 11) is -3.99. The monoisotopic (exact) mass is 709 g/mol. The number of hydrogen-bond donors (Lipinski definition) is 4. The van der Waals surface area contributed by atoms with Crippen LogP contribution in [0, 0.1) is 0 Å². The SMILES string of the molecule is CCCOC(=O)[C@H](Cc1ccccc1)NP(=O)(CO[C@H]1COCC1n1cnc2c(=O)[nH]c(N)nc21)N[C@@H](Cc1ccccc1)C(=O)OCCC. The van der Waals surface area contributed by atoms with Gasteiger partial charge < -0.3 is 29.2 Å². The Balaban J connectivity index is 1.46. The third kappa shape index (κ3) is 9.64. The highest BCUT2D eigenvalue weighted by Crippen LogP contribution is 2.40. The summed E-state index contributed by atoms with van der Waals surface area (Å²) >= 11 is 0. The van der Waals surface area contributed by atoms with Crippen LogP contribution in [0.3, 0.4) is 0 Å². The number of aromatic nitrogens is 4. The maximum absolute atomic E-state index is 15.1. The van der Waals surface area contributed by atoms with Crippen LogP contribution in [0.15, 0.2) is 71.8 Å². The summed E-state index contributed by atoms with van der Waals surface area (Å²) < 4.78 is 39.9. The summed E-state index contributed by atoms with van der Waals surface area (Å²) in [6, 6.07) is 15.9. The molecule has 5 N–H and O–H groups in total. The van der Waals surface area contributed by atoms with Crippen molar-refractivity contribution < 1.29 is 33.1 Å². The van der Waals surface area contributed by atoms with Gasteiger partial charge in [0.05, 0.1) is 38.8 Å². The Kier molecular flexibility index (Phi) is 12.9. The summed E-state index contributed by atoms with van der Waals surface area (Å²) in [6.07, 6.45) is 1.86. The second-order valence-electron chi connectivity index (χ2n) is 12.0. The summed E-state index contributed by atoms with van der Waals surface area (Å²) in [6.45, 7) is 4.44. The lowest BCUT2D eigenvalue weighted by atomic mass is 10.1. The zero-order valence-corrected chi connectivity index (χ0v) is 29.1. The largest absolute Gasteiger partial charge is 0.465 e. The highest BCUT2D eigenvalue weighted by atomic mass is 31.2. The van der Waals surface area contributed by atoms with Crippen molar-refractivity contribution in [1.29, 1.82) is 0 Å². The molecule has 1 saturated heterocycles. The molecule has 5 rings (SSSR count). The minimum absolute atomic E-state index is 0.0719. The average Bonchev–Trinajstić information content (AvgIpc) is 3.76. The Morgan fingerprint density at radius 2 is 1.52 bits per heavy atom. The van der Waals surface area contributed by atoms with Gasteiger partial charge in [-0.15, -0.1) is 0 Å². The Bertz CT molecular complexity index is 1750. The molecule has 4 atom stereocenters. The lowest BCUT2D eigenvalue weighted by Gasteiger charge is -2.30. The van der Waals surface area contributed by atoms with E-state index in [2.05, 4.69) is 25.1 Å². The van der Waals surface area contributed by atoms with Crippen molar-refractivity contribution in [3.63, 3.8) is 0 Å². The first kappa shape index (κ1) is 36.9. The van der Waals surface area contributed by atoms with E-state index in [9.17, 15) is 14.4 Å². The molecule has 0 bridgehead atoms. The van der Waals surface area contributed by atoms with Crippen molar-refractivity contribution in [2.75, 3.05) is 38.5 Å². The van der Waals surface area contributed by atoms with E-state index in [0.29, 0.717) is 12.8 Å². The Morgan fingerprint density at radius 3 is 2.06 bits per heavy atom. The normalized spacial score (nSPS) is 17.4. The molecule has 1 fully saturated rings. The number of carbonyl (C=O) groups excluding carboxylic acids is 2. The molecule has 16 heteroatoms. The van der Waals surface area contributed by atoms with Gasteiger partial charge in [-0.25, -0.2) is 15.2 Å². The number of imidazole rings is 1. The summed E-state index contributed by atoms with van der Waals surface area (Å²) in [4.78, 5) is 50.2. The molecule has 1 aliphatic rings. The fourth-order valence-electron chi connectivity index (χ4n) is 5.61. The van der Waals surface area contributed by atoms with E-state index in [0.717, 1.165) is 11.1 Å². The first-order valence-electron chi connectivity index (χ1n) is 16.7. The molecule has 4 aromatic rings. The first-order chi connectivity index (χ1) is 24.2. The number of fused-ring (bicyclic) bond motifs is 1.